The number of ether oxygens (including phenoxy) is 3. The first-order valence-corrected chi connectivity index (χ1v) is 7.22. The molecule has 0 saturated heterocycles. The third kappa shape index (κ3) is 1.51. The molecule has 0 radical (unpaired) electrons. The maximum atomic E-state index is 12.8. The van der Waals surface area contributed by atoms with Crippen LogP contribution in [0.1, 0.15) is 16.1 Å². The number of hydrogen-bond acceptors (Lipinski definition) is 5. The van der Waals surface area contributed by atoms with E-state index >= 15 is 0 Å². The zero-order chi connectivity index (χ0) is 15.6. The Labute approximate surface area is 131 Å². The van der Waals surface area contributed by atoms with E-state index in [1.165, 1.54) is 0 Å². The zero-order valence-electron chi connectivity index (χ0n) is 12.3. The third-order valence-electron chi connectivity index (χ3n) is 4.34. The van der Waals surface area contributed by atoms with Crippen LogP contribution in [0.15, 0.2) is 36.5 Å². The molecule has 2 aromatic carbocycles. The van der Waals surface area contributed by atoms with Gasteiger partial charge in [0.25, 0.3) is 0 Å². The number of carbonyl (C=O) groups is 1. The van der Waals surface area contributed by atoms with E-state index in [0.717, 1.165) is 21.9 Å². The molecule has 1 aromatic heterocycles. The van der Waals surface area contributed by atoms with Crippen LogP contribution in [0.25, 0.3) is 21.9 Å². The first kappa shape index (κ1) is 12.5. The summed E-state index contributed by atoms with van der Waals surface area (Å²) in [4.78, 5) is 17.1. The first-order valence-electron chi connectivity index (χ1n) is 7.22. The summed E-state index contributed by atoms with van der Waals surface area (Å²) in [5.41, 5.74) is 2.70. The minimum absolute atomic E-state index is 0.0837. The van der Waals surface area contributed by atoms with Crippen molar-refractivity contribution in [3.05, 3.63) is 47.8 Å². The number of pyridine rings is 1. The molecule has 0 spiro atoms. The Kier molecular flexibility index (Phi) is 2.29. The van der Waals surface area contributed by atoms with Crippen LogP contribution in [0, 0.1) is 0 Å². The summed E-state index contributed by atoms with van der Waals surface area (Å²) in [6.45, 7) is 0.175. The van der Waals surface area contributed by atoms with Crippen LogP contribution in [0.2, 0.25) is 0 Å². The van der Waals surface area contributed by atoms with E-state index in [1.54, 1.807) is 25.4 Å². The van der Waals surface area contributed by atoms with Crippen molar-refractivity contribution in [1.82, 2.24) is 4.98 Å². The molecule has 23 heavy (non-hydrogen) atoms. The number of rotatable bonds is 1. The van der Waals surface area contributed by atoms with Crippen molar-refractivity contribution in [2.75, 3.05) is 13.9 Å². The van der Waals surface area contributed by atoms with Gasteiger partial charge in [0.05, 0.1) is 7.11 Å². The second-order valence-corrected chi connectivity index (χ2v) is 5.48. The van der Waals surface area contributed by atoms with Crippen LogP contribution in [0.4, 0.5) is 0 Å². The Bertz CT molecular complexity index is 1010. The van der Waals surface area contributed by atoms with Gasteiger partial charge in [-0.2, -0.15) is 0 Å². The monoisotopic (exact) mass is 305 g/mol. The predicted molar refractivity (Wildman–Crippen MR) is 83.3 cm³/mol. The van der Waals surface area contributed by atoms with E-state index in [1.807, 2.05) is 18.2 Å². The van der Waals surface area contributed by atoms with E-state index in [-0.39, 0.29) is 12.6 Å². The topological polar surface area (TPSA) is 57.7 Å². The van der Waals surface area contributed by atoms with Crippen molar-refractivity contribution >= 4 is 16.6 Å². The molecule has 0 unspecified atom stereocenters. The minimum Gasteiger partial charge on any atom is -0.497 e. The summed E-state index contributed by atoms with van der Waals surface area (Å²) in [6.07, 6.45) is 1.65. The van der Waals surface area contributed by atoms with Crippen LogP contribution < -0.4 is 14.2 Å². The van der Waals surface area contributed by atoms with E-state index in [9.17, 15) is 4.79 Å². The number of benzene rings is 2. The van der Waals surface area contributed by atoms with Gasteiger partial charge in [0, 0.05) is 28.3 Å². The summed E-state index contributed by atoms with van der Waals surface area (Å²) in [5.74, 6) is 1.95. The van der Waals surface area contributed by atoms with Crippen molar-refractivity contribution in [3.8, 4) is 28.4 Å². The predicted octanol–water partition coefficient (Wildman–Crippen LogP) is 3.18. The zero-order valence-corrected chi connectivity index (χ0v) is 12.3. The average Bonchev–Trinajstić information content (AvgIpc) is 3.05. The molecule has 2 heterocycles. The van der Waals surface area contributed by atoms with Crippen LogP contribution in [-0.2, 0) is 0 Å². The average molecular weight is 305 g/mol. The van der Waals surface area contributed by atoms with Crippen molar-refractivity contribution < 1.29 is 19.0 Å². The standard InChI is InChI=1S/C18H11NO4/c1-21-10-2-3-11-12(7-10)15-14-9(4-5-19-16(14)17(11)20)6-13-18(15)23-8-22-13/h2-7H,8H2,1H3. The van der Waals surface area contributed by atoms with E-state index < -0.39 is 0 Å². The maximum absolute atomic E-state index is 12.8. The molecule has 0 saturated carbocycles. The number of nitrogens with zero attached hydrogens (tertiary/aromatic N) is 1. The number of aromatic nitrogens is 1. The Balaban J connectivity index is 2.00. The Morgan fingerprint density at radius 3 is 2.91 bits per heavy atom. The summed E-state index contributed by atoms with van der Waals surface area (Å²) < 4.78 is 16.6. The van der Waals surface area contributed by atoms with Crippen LogP contribution in [0.3, 0.4) is 0 Å². The molecular formula is C18H11NO4. The van der Waals surface area contributed by atoms with E-state index in [0.29, 0.717) is 28.5 Å². The second-order valence-electron chi connectivity index (χ2n) is 5.48. The van der Waals surface area contributed by atoms with Gasteiger partial charge in [-0.15, -0.1) is 0 Å². The molecule has 5 nitrogen and oxygen atoms in total. The van der Waals surface area contributed by atoms with Gasteiger partial charge in [-0.05, 0) is 35.7 Å². The normalized spacial score (nSPS) is 14.0. The van der Waals surface area contributed by atoms with Gasteiger partial charge in [-0.3, -0.25) is 9.78 Å². The van der Waals surface area contributed by atoms with Gasteiger partial charge in [0.1, 0.15) is 11.4 Å². The third-order valence-corrected chi connectivity index (χ3v) is 4.34. The highest BCUT2D eigenvalue weighted by atomic mass is 16.7. The molecule has 1 aliphatic heterocycles. The summed E-state index contributed by atoms with van der Waals surface area (Å²) >= 11 is 0. The Morgan fingerprint density at radius 1 is 1.13 bits per heavy atom. The van der Waals surface area contributed by atoms with E-state index in [4.69, 9.17) is 14.2 Å². The molecule has 1 aliphatic carbocycles. The smallest absolute Gasteiger partial charge is 0.231 e. The largest absolute Gasteiger partial charge is 0.497 e. The molecule has 3 aromatic rings. The van der Waals surface area contributed by atoms with Gasteiger partial charge in [-0.25, -0.2) is 0 Å². The molecule has 5 heteroatoms. The summed E-state index contributed by atoms with van der Waals surface area (Å²) in [5, 5.41) is 1.72. The molecular weight excluding hydrogens is 294 g/mol. The highest BCUT2D eigenvalue weighted by Gasteiger charge is 2.32. The molecule has 0 amide bonds. The maximum Gasteiger partial charge on any atom is 0.231 e. The molecule has 112 valence electrons. The molecule has 0 fully saturated rings. The Hall–Kier alpha value is -3.08. The van der Waals surface area contributed by atoms with Crippen molar-refractivity contribution in [1.29, 1.82) is 0 Å². The highest BCUT2D eigenvalue weighted by Crippen LogP contribution is 2.50. The molecule has 5 rings (SSSR count). The number of methoxy groups -OCH3 is 1. The number of ketones is 1. The number of hydrogen-bond donors (Lipinski definition) is 0. The summed E-state index contributed by atoms with van der Waals surface area (Å²) in [6, 6.07) is 9.19. The lowest BCUT2D eigenvalue weighted by Crippen LogP contribution is -2.12. The quantitative estimate of drug-likeness (QED) is 0.540. The lowest BCUT2D eigenvalue weighted by molar-refractivity contribution is 0.103. The fourth-order valence-corrected chi connectivity index (χ4v) is 3.32. The van der Waals surface area contributed by atoms with Crippen molar-refractivity contribution in [2.24, 2.45) is 0 Å². The molecule has 0 atom stereocenters. The van der Waals surface area contributed by atoms with Gasteiger partial charge < -0.3 is 14.2 Å². The Morgan fingerprint density at radius 2 is 2.04 bits per heavy atom. The van der Waals surface area contributed by atoms with Gasteiger partial charge >= 0.3 is 0 Å². The lowest BCUT2D eigenvalue weighted by atomic mass is 9.84. The highest BCUT2D eigenvalue weighted by molar-refractivity contribution is 6.26. The lowest BCUT2D eigenvalue weighted by Gasteiger charge is -2.21. The van der Waals surface area contributed by atoms with Crippen LogP contribution >= 0.6 is 0 Å². The molecule has 2 aliphatic rings. The van der Waals surface area contributed by atoms with Crippen LogP contribution in [-0.4, -0.2) is 24.7 Å². The fourth-order valence-electron chi connectivity index (χ4n) is 3.32. The summed E-state index contributed by atoms with van der Waals surface area (Å²) in [7, 11) is 1.60. The molecule has 0 bridgehead atoms. The molecule has 0 N–H and O–H groups in total. The number of carbonyl (C=O) groups excluding carboxylic acids is 1. The van der Waals surface area contributed by atoms with Crippen molar-refractivity contribution in [3.63, 3.8) is 0 Å². The fraction of sp³-hybridized carbons (Fsp3) is 0.111. The van der Waals surface area contributed by atoms with Gasteiger partial charge in [0.15, 0.2) is 11.5 Å². The minimum atomic E-state index is -0.0837. The van der Waals surface area contributed by atoms with Crippen molar-refractivity contribution in [2.45, 2.75) is 0 Å². The van der Waals surface area contributed by atoms with Gasteiger partial charge in [0.2, 0.25) is 12.6 Å². The van der Waals surface area contributed by atoms with Crippen LogP contribution in [0.5, 0.6) is 17.2 Å². The first-order chi connectivity index (χ1) is 11.3. The van der Waals surface area contributed by atoms with Gasteiger partial charge in [-0.1, -0.05) is 0 Å². The van der Waals surface area contributed by atoms with E-state index in [2.05, 4.69) is 4.98 Å². The number of fused-ring (bicyclic) bond motifs is 4. The second kappa shape index (κ2) is 4.23. The SMILES string of the molecule is COc1ccc2c(c1)-c1c3c(cc4ccnc(c14)C2=O)OCO3.